The van der Waals surface area contributed by atoms with Crippen molar-refractivity contribution in [3.05, 3.63) is 0 Å². The van der Waals surface area contributed by atoms with Crippen LogP contribution in [0.3, 0.4) is 0 Å². The zero-order valence-corrected chi connectivity index (χ0v) is 10.6. The van der Waals surface area contributed by atoms with E-state index in [0.29, 0.717) is 19.5 Å². The van der Waals surface area contributed by atoms with Gasteiger partial charge in [0.05, 0.1) is 19.3 Å². The molecule has 5 nitrogen and oxygen atoms in total. The molecular formula is C9H20FN2O3P. The predicted molar refractivity (Wildman–Crippen MR) is 60.2 cm³/mol. The summed E-state index contributed by atoms with van der Waals surface area (Å²) in [5.74, 6) is 0. The Kier molecular flexibility index (Phi) is 5.86. The third kappa shape index (κ3) is 4.11. The molecule has 0 unspecified atom stereocenters. The lowest BCUT2D eigenvalue weighted by Gasteiger charge is -2.30. The third-order valence-electron chi connectivity index (χ3n) is 2.32. The van der Waals surface area contributed by atoms with Crippen LogP contribution in [0.5, 0.6) is 0 Å². The smallest absolute Gasteiger partial charge is 0.315 e. The Morgan fingerprint density at radius 1 is 1.44 bits per heavy atom. The molecule has 0 radical (unpaired) electrons. The first kappa shape index (κ1) is 14.1. The van der Waals surface area contributed by atoms with Crippen LogP contribution in [0.4, 0.5) is 4.39 Å². The number of rotatable bonds is 6. The fourth-order valence-corrected chi connectivity index (χ4v) is 3.17. The van der Waals surface area contributed by atoms with Crippen LogP contribution < -0.4 is 10.4 Å². The molecule has 0 aromatic carbocycles. The van der Waals surface area contributed by atoms with Crippen LogP contribution in [0, 0.1) is 0 Å². The standard InChI is InChI=1S/C9H20FN2O3P/c1-3-14-16(13,15-4-2)12-9-7-11-6-5-8(9)10/h8-9,11H,3-7H2,1-2H3,(H,12,13)/t8-,9-/m1/s1. The molecule has 1 fully saturated rings. The number of piperidine rings is 1. The number of hydrogen-bond donors (Lipinski definition) is 2. The highest BCUT2D eigenvalue weighted by atomic mass is 31.2. The second-order valence-electron chi connectivity index (χ2n) is 3.58. The zero-order chi connectivity index (χ0) is 12.0. The quantitative estimate of drug-likeness (QED) is 0.703. The van der Waals surface area contributed by atoms with Crippen LogP contribution in [0.1, 0.15) is 20.3 Å². The Hall–Kier alpha value is -0.0000000000000000208. The van der Waals surface area contributed by atoms with E-state index < -0.39 is 20.0 Å². The lowest BCUT2D eigenvalue weighted by atomic mass is 10.1. The van der Waals surface area contributed by atoms with E-state index in [1.807, 2.05) is 0 Å². The Labute approximate surface area is 95.7 Å². The van der Waals surface area contributed by atoms with Crippen LogP contribution in [0.25, 0.3) is 0 Å². The Morgan fingerprint density at radius 2 is 2.06 bits per heavy atom. The summed E-state index contributed by atoms with van der Waals surface area (Å²) < 4.78 is 35.7. The largest absolute Gasteiger partial charge is 0.405 e. The molecule has 2 atom stereocenters. The number of hydrogen-bond acceptors (Lipinski definition) is 4. The molecule has 0 aromatic rings. The summed E-state index contributed by atoms with van der Waals surface area (Å²) in [6.07, 6.45) is -0.605. The molecule has 1 heterocycles. The molecule has 2 N–H and O–H groups in total. The second-order valence-corrected chi connectivity index (χ2v) is 5.35. The van der Waals surface area contributed by atoms with Crippen molar-refractivity contribution in [3.8, 4) is 0 Å². The molecule has 0 aliphatic carbocycles. The number of alkyl halides is 1. The Balaban J connectivity index is 2.55. The summed E-state index contributed by atoms with van der Waals surface area (Å²) in [6.45, 7) is 5.06. The normalized spacial score (nSPS) is 26.9. The molecular weight excluding hydrogens is 234 g/mol. The van der Waals surface area contributed by atoms with E-state index in [9.17, 15) is 8.96 Å². The van der Waals surface area contributed by atoms with Gasteiger partial charge in [-0.15, -0.1) is 0 Å². The van der Waals surface area contributed by atoms with E-state index in [2.05, 4.69) is 10.4 Å². The van der Waals surface area contributed by atoms with Gasteiger partial charge in [-0.3, -0.25) is 9.05 Å². The maximum atomic E-state index is 13.5. The van der Waals surface area contributed by atoms with Crippen molar-refractivity contribution in [2.75, 3.05) is 26.3 Å². The van der Waals surface area contributed by atoms with Gasteiger partial charge in [0.25, 0.3) is 0 Å². The first-order chi connectivity index (χ1) is 7.61. The van der Waals surface area contributed by atoms with E-state index in [-0.39, 0.29) is 13.2 Å². The lowest BCUT2D eigenvalue weighted by Crippen LogP contribution is -2.49. The highest BCUT2D eigenvalue weighted by molar-refractivity contribution is 7.51. The van der Waals surface area contributed by atoms with Crippen molar-refractivity contribution in [2.24, 2.45) is 0 Å². The van der Waals surface area contributed by atoms with Crippen molar-refractivity contribution >= 4 is 7.75 Å². The maximum absolute atomic E-state index is 13.5. The maximum Gasteiger partial charge on any atom is 0.405 e. The molecule has 0 spiro atoms. The molecule has 1 aliphatic rings. The Bertz CT molecular complexity index is 245. The molecule has 1 aliphatic heterocycles. The summed E-state index contributed by atoms with van der Waals surface area (Å²) in [7, 11) is -3.36. The van der Waals surface area contributed by atoms with Crippen LogP contribution in [-0.2, 0) is 13.6 Å². The zero-order valence-electron chi connectivity index (χ0n) is 9.74. The van der Waals surface area contributed by atoms with Gasteiger partial charge in [0.1, 0.15) is 6.17 Å². The van der Waals surface area contributed by atoms with Crippen molar-refractivity contribution in [1.82, 2.24) is 10.4 Å². The summed E-state index contributed by atoms with van der Waals surface area (Å²) >= 11 is 0. The fourth-order valence-electron chi connectivity index (χ4n) is 1.61. The van der Waals surface area contributed by atoms with Gasteiger partial charge in [0, 0.05) is 6.54 Å². The average Bonchev–Trinajstić information content (AvgIpc) is 2.22. The molecule has 0 amide bonds. The first-order valence-electron chi connectivity index (χ1n) is 5.63. The first-order valence-corrected chi connectivity index (χ1v) is 7.17. The highest BCUT2D eigenvalue weighted by Crippen LogP contribution is 2.44. The van der Waals surface area contributed by atoms with Gasteiger partial charge in [-0.1, -0.05) is 0 Å². The summed E-state index contributed by atoms with van der Waals surface area (Å²) in [5.41, 5.74) is 0. The predicted octanol–water partition coefficient (Wildman–Crippen LogP) is 1.46. The van der Waals surface area contributed by atoms with Gasteiger partial charge in [-0.05, 0) is 26.8 Å². The molecule has 0 bridgehead atoms. The molecule has 16 heavy (non-hydrogen) atoms. The third-order valence-corrected chi connectivity index (χ3v) is 4.16. The van der Waals surface area contributed by atoms with E-state index in [1.165, 1.54) is 0 Å². The van der Waals surface area contributed by atoms with Crippen LogP contribution in [0.2, 0.25) is 0 Å². The molecule has 1 saturated heterocycles. The molecule has 0 aromatic heterocycles. The SMILES string of the molecule is CCOP(=O)(N[C@@H]1CNCC[C@H]1F)OCC. The van der Waals surface area contributed by atoms with Crippen LogP contribution in [-0.4, -0.2) is 38.5 Å². The van der Waals surface area contributed by atoms with Crippen molar-refractivity contribution in [2.45, 2.75) is 32.5 Å². The average molecular weight is 254 g/mol. The Morgan fingerprint density at radius 3 is 2.56 bits per heavy atom. The highest BCUT2D eigenvalue weighted by Gasteiger charge is 2.33. The van der Waals surface area contributed by atoms with E-state index >= 15 is 0 Å². The number of nitrogens with one attached hydrogen (secondary N) is 2. The van der Waals surface area contributed by atoms with Gasteiger partial charge in [0.2, 0.25) is 0 Å². The topological polar surface area (TPSA) is 59.6 Å². The van der Waals surface area contributed by atoms with Crippen molar-refractivity contribution in [3.63, 3.8) is 0 Å². The lowest BCUT2D eigenvalue weighted by molar-refractivity contribution is 0.175. The monoisotopic (exact) mass is 254 g/mol. The van der Waals surface area contributed by atoms with Crippen LogP contribution in [0.15, 0.2) is 0 Å². The summed E-state index contributed by atoms with van der Waals surface area (Å²) in [6, 6.07) is -0.516. The minimum absolute atomic E-state index is 0.265. The van der Waals surface area contributed by atoms with Gasteiger partial charge in [-0.25, -0.2) is 14.0 Å². The van der Waals surface area contributed by atoms with Crippen LogP contribution >= 0.6 is 7.75 Å². The van der Waals surface area contributed by atoms with Gasteiger partial charge in [0.15, 0.2) is 0 Å². The fraction of sp³-hybridized carbons (Fsp3) is 1.00. The van der Waals surface area contributed by atoms with E-state index in [4.69, 9.17) is 9.05 Å². The van der Waals surface area contributed by atoms with Crippen molar-refractivity contribution < 1.29 is 18.0 Å². The van der Waals surface area contributed by atoms with Gasteiger partial charge >= 0.3 is 7.75 Å². The van der Waals surface area contributed by atoms with Crippen molar-refractivity contribution in [1.29, 1.82) is 0 Å². The molecule has 96 valence electrons. The minimum Gasteiger partial charge on any atom is -0.315 e. The summed E-state index contributed by atoms with van der Waals surface area (Å²) in [4.78, 5) is 0. The van der Waals surface area contributed by atoms with E-state index in [0.717, 1.165) is 0 Å². The molecule has 0 saturated carbocycles. The van der Waals surface area contributed by atoms with E-state index in [1.54, 1.807) is 13.8 Å². The molecule has 1 rings (SSSR count). The van der Waals surface area contributed by atoms with Gasteiger partial charge < -0.3 is 5.32 Å². The summed E-state index contributed by atoms with van der Waals surface area (Å²) in [5, 5.41) is 5.69. The number of halogens is 1. The molecule has 7 heteroatoms. The second kappa shape index (κ2) is 6.67. The van der Waals surface area contributed by atoms with Gasteiger partial charge in [-0.2, -0.15) is 0 Å². The minimum atomic E-state index is -3.36.